The van der Waals surface area contributed by atoms with Crippen molar-refractivity contribution in [3.05, 3.63) is 29.8 Å². The fourth-order valence-corrected chi connectivity index (χ4v) is 2.61. The Morgan fingerprint density at radius 2 is 2.20 bits per heavy atom. The van der Waals surface area contributed by atoms with Gasteiger partial charge in [0.2, 0.25) is 5.79 Å². The predicted octanol–water partition coefficient (Wildman–Crippen LogP) is 2.76. The molecule has 80 valence electrons. The third kappa shape index (κ3) is 1.53. The predicted molar refractivity (Wildman–Crippen MR) is 57.9 cm³/mol. The van der Waals surface area contributed by atoms with Crippen LogP contribution in [0.2, 0.25) is 0 Å². The van der Waals surface area contributed by atoms with Crippen molar-refractivity contribution in [1.29, 1.82) is 0 Å². The maximum Gasteiger partial charge on any atom is 0.215 e. The summed E-state index contributed by atoms with van der Waals surface area (Å²) in [5.74, 6) is 1.36. The van der Waals surface area contributed by atoms with Crippen molar-refractivity contribution in [3.8, 4) is 5.75 Å². The SMILES string of the molecule is C[C@@H]1CCO[C@]2(Cc3ccccc3O2)C1. The van der Waals surface area contributed by atoms with Gasteiger partial charge in [0, 0.05) is 18.4 Å². The lowest BCUT2D eigenvalue weighted by atomic mass is 9.92. The summed E-state index contributed by atoms with van der Waals surface area (Å²) in [5, 5.41) is 0. The van der Waals surface area contributed by atoms with Gasteiger partial charge in [-0.25, -0.2) is 0 Å². The van der Waals surface area contributed by atoms with E-state index in [1.54, 1.807) is 0 Å². The molecule has 2 atom stereocenters. The van der Waals surface area contributed by atoms with Gasteiger partial charge in [-0.2, -0.15) is 0 Å². The first-order chi connectivity index (χ1) is 7.27. The molecule has 1 saturated heterocycles. The first-order valence-corrected chi connectivity index (χ1v) is 5.68. The number of benzene rings is 1. The highest BCUT2D eigenvalue weighted by atomic mass is 16.7. The molecule has 0 unspecified atom stereocenters. The van der Waals surface area contributed by atoms with Crippen LogP contribution in [0.15, 0.2) is 24.3 Å². The van der Waals surface area contributed by atoms with Crippen LogP contribution in [0.3, 0.4) is 0 Å². The smallest absolute Gasteiger partial charge is 0.215 e. The van der Waals surface area contributed by atoms with Gasteiger partial charge in [-0.1, -0.05) is 25.1 Å². The average Bonchev–Trinajstić information content (AvgIpc) is 2.54. The summed E-state index contributed by atoms with van der Waals surface area (Å²) in [6.45, 7) is 3.10. The van der Waals surface area contributed by atoms with E-state index in [2.05, 4.69) is 19.1 Å². The number of rotatable bonds is 0. The molecule has 0 radical (unpaired) electrons. The van der Waals surface area contributed by atoms with E-state index < -0.39 is 0 Å². The van der Waals surface area contributed by atoms with Crippen LogP contribution in [-0.4, -0.2) is 12.4 Å². The van der Waals surface area contributed by atoms with E-state index in [1.165, 1.54) is 5.56 Å². The molecule has 2 nitrogen and oxygen atoms in total. The van der Waals surface area contributed by atoms with Crippen LogP contribution < -0.4 is 4.74 Å². The summed E-state index contributed by atoms with van der Waals surface area (Å²) in [6.07, 6.45) is 3.08. The maximum absolute atomic E-state index is 5.98. The van der Waals surface area contributed by atoms with Crippen LogP contribution in [0.1, 0.15) is 25.3 Å². The molecule has 0 saturated carbocycles. The van der Waals surface area contributed by atoms with Gasteiger partial charge >= 0.3 is 0 Å². The molecule has 0 aromatic heterocycles. The number of ether oxygens (including phenoxy) is 2. The number of hydrogen-bond acceptors (Lipinski definition) is 2. The Morgan fingerprint density at radius 1 is 1.33 bits per heavy atom. The molecular formula is C13H16O2. The zero-order valence-corrected chi connectivity index (χ0v) is 9.03. The Bertz CT molecular complexity index is 348. The van der Waals surface area contributed by atoms with E-state index in [1.807, 2.05) is 12.1 Å². The molecule has 2 heteroatoms. The van der Waals surface area contributed by atoms with Gasteiger partial charge in [0.25, 0.3) is 0 Å². The topological polar surface area (TPSA) is 18.5 Å². The van der Waals surface area contributed by atoms with Gasteiger partial charge in [-0.05, 0) is 18.4 Å². The van der Waals surface area contributed by atoms with Gasteiger partial charge in [0.1, 0.15) is 5.75 Å². The number of fused-ring (bicyclic) bond motifs is 1. The number of hydrogen-bond donors (Lipinski definition) is 0. The standard InChI is InChI=1S/C13H16O2/c1-10-6-7-14-13(8-10)9-11-4-2-3-5-12(11)15-13/h2-5,10H,6-9H2,1H3/t10-,13-/m1/s1. The van der Waals surface area contributed by atoms with Crippen LogP contribution in [0.4, 0.5) is 0 Å². The maximum atomic E-state index is 5.98. The van der Waals surface area contributed by atoms with E-state index >= 15 is 0 Å². The second-order valence-electron chi connectivity index (χ2n) is 4.74. The highest BCUT2D eigenvalue weighted by Gasteiger charge is 2.43. The molecule has 1 fully saturated rings. The lowest BCUT2D eigenvalue weighted by Crippen LogP contribution is -2.43. The Balaban J connectivity index is 1.87. The zero-order chi connectivity index (χ0) is 10.3. The molecule has 1 spiro atoms. The minimum Gasteiger partial charge on any atom is -0.462 e. The Kier molecular flexibility index (Phi) is 1.99. The van der Waals surface area contributed by atoms with Gasteiger partial charge in [0.15, 0.2) is 0 Å². The normalized spacial score (nSPS) is 33.8. The molecule has 1 aromatic carbocycles. The molecule has 3 rings (SSSR count). The third-order valence-corrected chi connectivity index (χ3v) is 3.36. The van der Waals surface area contributed by atoms with Crippen molar-refractivity contribution in [2.45, 2.75) is 32.0 Å². The van der Waals surface area contributed by atoms with Crippen molar-refractivity contribution in [2.75, 3.05) is 6.61 Å². The summed E-state index contributed by atoms with van der Waals surface area (Å²) in [7, 11) is 0. The number of para-hydroxylation sites is 1. The Morgan fingerprint density at radius 3 is 3.00 bits per heavy atom. The third-order valence-electron chi connectivity index (χ3n) is 3.36. The van der Waals surface area contributed by atoms with Crippen molar-refractivity contribution >= 4 is 0 Å². The van der Waals surface area contributed by atoms with E-state index in [4.69, 9.17) is 9.47 Å². The van der Waals surface area contributed by atoms with Crippen LogP contribution >= 0.6 is 0 Å². The van der Waals surface area contributed by atoms with E-state index in [0.29, 0.717) is 5.92 Å². The van der Waals surface area contributed by atoms with Crippen LogP contribution in [0, 0.1) is 5.92 Å². The van der Waals surface area contributed by atoms with Gasteiger partial charge in [0.05, 0.1) is 6.61 Å². The summed E-state index contributed by atoms with van der Waals surface area (Å²) in [6, 6.07) is 8.25. The van der Waals surface area contributed by atoms with Crippen LogP contribution in [0.5, 0.6) is 5.75 Å². The fourth-order valence-electron chi connectivity index (χ4n) is 2.61. The molecule has 1 aromatic rings. The van der Waals surface area contributed by atoms with E-state index in [9.17, 15) is 0 Å². The molecule has 0 amide bonds. The van der Waals surface area contributed by atoms with Crippen molar-refractivity contribution in [2.24, 2.45) is 5.92 Å². The van der Waals surface area contributed by atoms with Gasteiger partial charge < -0.3 is 9.47 Å². The molecule has 2 aliphatic rings. The van der Waals surface area contributed by atoms with Crippen LogP contribution in [-0.2, 0) is 11.2 Å². The van der Waals surface area contributed by atoms with E-state index in [-0.39, 0.29) is 5.79 Å². The minimum absolute atomic E-state index is 0.346. The van der Waals surface area contributed by atoms with Crippen molar-refractivity contribution in [3.63, 3.8) is 0 Å². The van der Waals surface area contributed by atoms with E-state index in [0.717, 1.165) is 31.6 Å². The van der Waals surface area contributed by atoms with Gasteiger partial charge in [-0.15, -0.1) is 0 Å². The highest BCUT2D eigenvalue weighted by molar-refractivity contribution is 5.38. The van der Waals surface area contributed by atoms with Crippen LogP contribution in [0.25, 0.3) is 0 Å². The Labute approximate surface area is 90.2 Å². The molecule has 0 aliphatic carbocycles. The van der Waals surface area contributed by atoms with Gasteiger partial charge in [-0.3, -0.25) is 0 Å². The second-order valence-corrected chi connectivity index (χ2v) is 4.74. The van der Waals surface area contributed by atoms with Crippen molar-refractivity contribution < 1.29 is 9.47 Å². The lowest BCUT2D eigenvalue weighted by molar-refractivity contribution is -0.204. The average molecular weight is 204 g/mol. The monoisotopic (exact) mass is 204 g/mol. The molecule has 15 heavy (non-hydrogen) atoms. The molecule has 2 heterocycles. The highest BCUT2D eigenvalue weighted by Crippen LogP contribution is 2.41. The lowest BCUT2D eigenvalue weighted by Gasteiger charge is -2.35. The minimum atomic E-state index is -0.346. The second kappa shape index (κ2) is 3.24. The summed E-state index contributed by atoms with van der Waals surface area (Å²) in [5.41, 5.74) is 1.28. The summed E-state index contributed by atoms with van der Waals surface area (Å²) in [4.78, 5) is 0. The molecule has 0 N–H and O–H groups in total. The largest absolute Gasteiger partial charge is 0.462 e. The molecular weight excluding hydrogens is 188 g/mol. The summed E-state index contributed by atoms with van der Waals surface area (Å²) < 4.78 is 11.8. The fraction of sp³-hybridized carbons (Fsp3) is 0.538. The van der Waals surface area contributed by atoms with Crippen molar-refractivity contribution in [1.82, 2.24) is 0 Å². The summed E-state index contributed by atoms with van der Waals surface area (Å²) >= 11 is 0. The first kappa shape index (κ1) is 9.22. The Hall–Kier alpha value is -1.02. The molecule has 0 bridgehead atoms. The quantitative estimate of drug-likeness (QED) is 0.647. The molecule has 2 aliphatic heterocycles. The zero-order valence-electron chi connectivity index (χ0n) is 9.03. The first-order valence-electron chi connectivity index (χ1n) is 5.68.